The van der Waals surface area contributed by atoms with Crippen molar-refractivity contribution < 1.29 is 68.4 Å². The van der Waals surface area contributed by atoms with E-state index >= 15 is 0 Å². The van der Waals surface area contributed by atoms with Gasteiger partial charge in [0.05, 0.1) is 24.2 Å². The van der Waals surface area contributed by atoms with Gasteiger partial charge in [0.2, 0.25) is 0 Å². The third-order valence-electron chi connectivity index (χ3n) is 6.24. The molecule has 0 amide bonds. The number of allylic oxidation sites excluding steroid dienone is 1. The van der Waals surface area contributed by atoms with E-state index in [1.54, 1.807) is 13.0 Å². The summed E-state index contributed by atoms with van der Waals surface area (Å²) in [5, 5.41) is 41.2. The summed E-state index contributed by atoms with van der Waals surface area (Å²) in [6.45, 7) is 1.04. The molecule has 2 aliphatic carbocycles. The zero-order chi connectivity index (χ0) is 24.9. The van der Waals surface area contributed by atoms with Crippen LogP contribution >= 0.6 is 0 Å². The van der Waals surface area contributed by atoms with Crippen LogP contribution in [0.2, 0.25) is 0 Å². The van der Waals surface area contributed by atoms with Gasteiger partial charge in [0.25, 0.3) is 0 Å². The SMILES string of the molecule is [2H]C([2H])([2H])C(CC)C(=O)O[C@H]1CC=CC2=C[C@@H](O)[C@H](C)[C@H](CC[C@@H](O)C[C@@H](O)CC(=O)[O-])[C@H]21.[Na+]. The van der Waals surface area contributed by atoms with Crippen molar-refractivity contribution in [2.24, 2.45) is 23.7 Å². The first kappa shape index (κ1) is 23.5. The maximum Gasteiger partial charge on any atom is 1.00 e. The molecule has 0 aromatic heterocycles. The maximum atomic E-state index is 12.7. The predicted molar refractivity (Wildman–Crippen MR) is 109 cm³/mol. The molecular weight excluding hydrogens is 411 g/mol. The summed E-state index contributed by atoms with van der Waals surface area (Å²) in [5.74, 6) is -4.03. The van der Waals surface area contributed by atoms with Crippen LogP contribution in [-0.4, -0.2) is 51.7 Å². The summed E-state index contributed by atoms with van der Waals surface area (Å²) in [6, 6.07) is 0. The van der Waals surface area contributed by atoms with Crippen molar-refractivity contribution in [2.75, 3.05) is 0 Å². The van der Waals surface area contributed by atoms with Crippen molar-refractivity contribution in [1.82, 2.24) is 0 Å². The van der Waals surface area contributed by atoms with E-state index in [0.717, 1.165) is 5.57 Å². The van der Waals surface area contributed by atoms with Crippen molar-refractivity contribution in [3.05, 3.63) is 23.8 Å². The van der Waals surface area contributed by atoms with Crippen LogP contribution in [0.4, 0.5) is 0 Å². The molecule has 0 aliphatic heterocycles. The second kappa shape index (κ2) is 13.1. The molecule has 0 saturated carbocycles. The van der Waals surface area contributed by atoms with E-state index < -0.39 is 55.5 Å². The number of aliphatic carboxylic acids is 1. The second-order valence-electron chi connectivity index (χ2n) is 8.48. The molecule has 0 saturated heterocycles. The van der Waals surface area contributed by atoms with Crippen LogP contribution in [0.5, 0.6) is 0 Å². The Morgan fingerprint density at radius 2 is 2.06 bits per heavy atom. The van der Waals surface area contributed by atoms with Gasteiger partial charge in [-0.05, 0) is 43.1 Å². The van der Waals surface area contributed by atoms with Gasteiger partial charge in [0.15, 0.2) is 0 Å². The number of hydrogen-bond donors (Lipinski definition) is 3. The minimum Gasteiger partial charge on any atom is -0.550 e. The second-order valence-corrected chi connectivity index (χ2v) is 8.48. The Morgan fingerprint density at radius 3 is 2.68 bits per heavy atom. The Hall–Kier alpha value is -0.700. The standard InChI is InChI=1S/C23H36O7.Na/c1-4-13(2)23(29)30-20-7-5-6-15-10-19(26)14(3)18(22(15)20)9-8-16(24)11-17(25)12-21(27)28;/h5-6,10,13-14,16-20,22,24-26H,4,7-9,11-12H2,1-3H3,(H,27,28);/q;+1/p-1/t13?,14-,16-,17-,18+,19-,20+,22+;/m1./s1/i2D3;. The normalized spacial score (nSPS) is 32.1. The van der Waals surface area contributed by atoms with Crippen LogP contribution in [0.1, 0.15) is 63.3 Å². The summed E-state index contributed by atoms with van der Waals surface area (Å²) < 4.78 is 28.6. The Balaban J connectivity index is 0.00000578. The quantitative estimate of drug-likeness (QED) is 0.263. The molecule has 0 radical (unpaired) electrons. The van der Waals surface area contributed by atoms with Crippen LogP contribution in [0, 0.1) is 23.7 Å². The van der Waals surface area contributed by atoms with Gasteiger partial charge in [-0.25, -0.2) is 0 Å². The van der Waals surface area contributed by atoms with Crippen LogP contribution in [0.15, 0.2) is 23.8 Å². The predicted octanol–water partition coefficient (Wildman–Crippen LogP) is -1.89. The number of aliphatic hydroxyl groups is 3. The van der Waals surface area contributed by atoms with Crippen molar-refractivity contribution in [2.45, 2.75) is 83.6 Å². The summed E-state index contributed by atoms with van der Waals surface area (Å²) in [5.41, 5.74) is 0.808. The molecule has 2 aliphatic rings. The Labute approximate surface area is 211 Å². The number of carbonyl (C=O) groups excluding carboxylic acids is 2. The summed E-state index contributed by atoms with van der Waals surface area (Å²) in [4.78, 5) is 23.3. The van der Waals surface area contributed by atoms with Gasteiger partial charge in [0, 0.05) is 28.8 Å². The monoisotopic (exact) mass is 449 g/mol. The smallest absolute Gasteiger partial charge is 0.550 e. The van der Waals surface area contributed by atoms with E-state index in [4.69, 9.17) is 8.85 Å². The Kier molecular flexibility index (Phi) is 9.92. The number of esters is 1. The minimum atomic E-state index is -2.46. The number of carboxylic acid groups (broad SMARTS) is 1. The fourth-order valence-corrected chi connectivity index (χ4v) is 4.48. The molecule has 170 valence electrons. The first-order chi connectivity index (χ1) is 15.3. The number of ether oxygens (including phenoxy) is 1. The first-order valence-electron chi connectivity index (χ1n) is 12.2. The van der Waals surface area contributed by atoms with Crippen LogP contribution in [0.3, 0.4) is 0 Å². The molecule has 0 aromatic carbocycles. The molecule has 8 atom stereocenters. The zero-order valence-corrected chi connectivity index (χ0v) is 20.6. The largest absolute Gasteiger partial charge is 1.00 e. The van der Waals surface area contributed by atoms with E-state index in [9.17, 15) is 30.0 Å². The van der Waals surface area contributed by atoms with Crippen LogP contribution < -0.4 is 34.7 Å². The van der Waals surface area contributed by atoms with Crippen molar-refractivity contribution in [3.8, 4) is 0 Å². The van der Waals surface area contributed by atoms with Crippen LogP contribution in [0.25, 0.3) is 0 Å². The van der Waals surface area contributed by atoms with Gasteiger partial charge in [-0.15, -0.1) is 0 Å². The molecule has 0 fully saturated rings. The van der Waals surface area contributed by atoms with Gasteiger partial charge in [-0.2, -0.15) is 0 Å². The minimum absolute atomic E-state index is 0. The topological polar surface area (TPSA) is 127 Å². The molecule has 0 bridgehead atoms. The van der Waals surface area contributed by atoms with Crippen molar-refractivity contribution in [1.29, 1.82) is 0 Å². The van der Waals surface area contributed by atoms with Crippen molar-refractivity contribution in [3.63, 3.8) is 0 Å². The molecule has 2 rings (SSSR count). The molecule has 7 nitrogen and oxygen atoms in total. The van der Waals surface area contributed by atoms with Gasteiger partial charge in [0.1, 0.15) is 6.10 Å². The molecule has 0 heterocycles. The molecule has 3 N–H and O–H groups in total. The maximum absolute atomic E-state index is 12.7. The average molecular weight is 450 g/mol. The molecule has 8 heteroatoms. The van der Waals surface area contributed by atoms with Gasteiger partial charge >= 0.3 is 35.5 Å². The third-order valence-corrected chi connectivity index (χ3v) is 6.24. The number of fused-ring (bicyclic) bond motifs is 1. The van der Waals surface area contributed by atoms with Gasteiger partial charge in [-0.1, -0.05) is 38.9 Å². The van der Waals surface area contributed by atoms with Gasteiger partial charge < -0.3 is 30.0 Å². The van der Waals surface area contributed by atoms with Crippen LogP contribution in [-0.2, 0) is 14.3 Å². The molecule has 31 heavy (non-hydrogen) atoms. The fourth-order valence-electron chi connectivity index (χ4n) is 4.48. The molecule has 0 spiro atoms. The fraction of sp³-hybridized carbons (Fsp3) is 0.739. The zero-order valence-electron chi connectivity index (χ0n) is 21.6. The average Bonchev–Trinajstić information content (AvgIpc) is 2.67. The van der Waals surface area contributed by atoms with E-state index in [1.165, 1.54) is 0 Å². The Morgan fingerprint density at radius 1 is 1.35 bits per heavy atom. The summed E-state index contributed by atoms with van der Waals surface area (Å²) in [6.07, 6.45) is 2.52. The van der Waals surface area contributed by atoms with Crippen molar-refractivity contribution >= 4 is 11.9 Å². The number of carbonyl (C=O) groups is 2. The number of carboxylic acids is 1. The van der Waals surface area contributed by atoms with Gasteiger partial charge in [-0.3, -0.25) is 4.79 Å². The van der Waals surface area contributed by atoms with E-state index in [0.29, 0.717) is 12.8 Å². The molecular formula is C23H35NaO7. The molecule has 0 aromatic rings. The summed E-state index contributed by atoms with van der Waals surface area (Å²) >= 11 is 0. The number of hydrogen-bond acceptors (Lipinski definition) is 7. The first-order valence-corrected chi connectivity index (χ1v) is 10.7. The number of rotatable bonds is 10. The van der Waals surface area contributed by atoms with E-state index in [-0.39, 0.29) is 66.6 Å². The number of aliphatic hydroxyl groups excluding tert-OH is 3. The summed E-state index contributed by atoms with van der Waals surface area (Å²) in [7, 11) is 0. The van der Waals surface area contributed by atoms with E-state index in [2.05, 4.69) is 0 Å². The third kappa shape index (κ3) is 7.98. The molecule has 1 unspecified atom stereocenters. The van der Waals surface area contributed by atoms with E-state index in [1.807, 2.05) is 19.1 Å². The Bertz CT molecular complexity index is 755.